The van der Waals surface area contributed by atoms with Gasteiger partial charge < -0.3 is 14.7 Å². The lowest BCUT2D eigenvalue weighted by molar-refractivity contribution is 0.0600. The number of hydrogen-bond acceptors (Lipinski definition) is 4. The maximum Gasteiger partial charge on any atom is 0.337 e. The van der Waals surface area contributed by atoms with Crippen molar-refractivity contribution >= 4 is 11.9 Å². The second kappa shape index (κ2) is 8.21. The van der Waals surface area contributed by atoms with Gasteiger partial charge in [0.15, 0.2) is 0 Å². The zero-order valence-electron chi connectivity index (χ0n) is 12.3. The largest absolute Gasteiger partial charge is 0.465 e. The van der Waals surface area contributed by atoms with Crippen LogP contribution in [0.3, 0.4) is 0 Å². The molecule has 5 nitrogen and oxygen atoms in total. The molecule has 0 unspecified atom stereocenters. The van der Waals surface area contributed by atoms with E-state index in [9.17, 15) is 9.59 Å². The van der Waals surface area contributed by atoms with E-state index in [4.69, 9.17) is 5.11 Å². The number of amides is 1. The predicted octanol–water partition coefficient (Wildman–Crippen LogP) is 2.00. The maximum atomic E-state index is 12.2. The maximum absolute atomic E-state index is 12.2. The first-order valence-corrected chi connectivity index (χ1v) is 6.78. The first-order valence-electron chi connectivity index (χ1n) is 6.78. The molecule has 0 aromatic heterocycles. The molecule has 114 valence electrons. The summed E-state index contributed by atoms with van der Waals surface area (Å²) in [5.74, 6) is -0.493. The Morgan fingerprint density at radius 2 is 2.10 bits per heavy atom. The first-order chi connectivity index (χ1) is 10.2. The van der Waals surface area contributed by atoms with E-state index in [1.54, 1.807) is 23.1 Å². The Morgan fingerprint density at radius 1 is 1.38 bits per heavy atom. The van der Waals surface area contributed by atoms with Gasteiger partial charge in [-0.1, -0.05) is 6.07 Å². The number of aliphatic hydroxyl groups excluding tert-OH is 1. The fourth-order valence-electron chi connectivity index (χ4n) is 2.20. The Kier molecular flexibility index (Phi) is 6.62. The number of aliphatic hydroxyl groups is 1. The lowest BCUT2D eigenvalue weighted by Crippen LogP contribution is -2.25. The highest BCUT2D eigenvalue weighted by atomic mass is 16.5. The number of methoxy groups -OCH3 is 1. The van der Waals surface area contributed by atoms with Crippen LogP contribution in [0.4, 0.5) is 0 Å². The average molecular weight is 291 g/mol. The summed E-state index contributed by atoms with van der Waals surface area (Å²) < 4.78 is 4.65. The number of nitrogens with zero attached hydrogens (tertiary/aromatic N) is 1. The fourth-order valence-corrected chi connectivity index (χ4v) is 2.20. The second-order valence-corrected chi connectivity index (χ2v) is 4.52. The molecule has 21 heavy (non-hydrogen) atoms. The highest BCUT2D eigenvalue weighted by molar-refractivity contribution is 6.01. The number of rotatable bonds is 5. The van der Waals surface area contributed by atoms with Gasteiger partial charge in [0.05, 0.1) is 12.7 Å². The molecule has 2 rings (SSSR count). The molecule has 0 bridgehead atoms. The molecule has 5 heteroatoms. The third-order valence-corrected chi connectivity index (χ3v) is 3.25. The van der Waals surface area contributed by atoms with E-state index < -0.39 is 5.97 Å². The van der Waals surface area contributed by atoms with Crippen molar-refractivity contribution < 1.29 is 19.4 Å². The topological polar surface area (TPSA) is 66.8 Å². The van der Waals surface area contributed by atoms with Crippen LogP contribution in [0, 0.1) is 0 Å². The smallest absolute Gasteiger partial charge is 0.337 e. The van der Waals surface area contributed by atoms with Crippen LogP contribution >= 0.6 is 0 Å². The molecule has 0 saturated carbocycles. The molecule has 0 saturated heterocycles. The number of unbranched alkanes of at least 4 members (excludes halogenated alkanes) is 1. The third kappa shape index (κ3) is 3.92. The van der Waals surface area contributed by atoms with Crippen molar-refractivity contribution in [3.05, 3.63) is 48.0 Å². The van der Waals surface area contributed by atoms with Gasteiger partial charge in [0.25, 0.3) is 5.91 Å². The Labute approximate surface area is 124 Å². The summed E-state index contributed by atoms with van der Waals surface area (Å²) in [6.07, 6.45) is 1.47. The highest BCUT2D eigenvalue weighted by Crippen LogP contribution is 2.24. The van der Waals surface area contributed by atoms with E-state index >= 15 is 0 Å². The van der Waals surface area contributed by atoms with Gasteiger partial charge in [-0.2, -0.15) is 0 Å². The molecule has 0 spiro atoms. The van der Waals surface area contributed by atoms with Gasteiger partial charge >= 0.3 is 5.97 Å². The molecule has 0 fully saturated rings. The zero-order chi connectivity index (χ0) is 15.8. The Hall–Kier alpha value is -2.14. The number of ether oxygens (including phenoxy) is 1. The van der Waals surface area contributed by atoms with E-state index in [0.29, 0.717) is 30.6 Å². The van der Waals surface area contributed by atoms with Crippen molar-refractivity contribution in [3.63, 3.8) is 0 Å². The van der Waals surface area contributed by atoms with Gasteiger partial charge in [-0.3, -0.25) is 4.79 Å². The van der Waals surface area contributed by atoms with Crippen molar-refractivity contribution in [1.82, 2.24) is 4.90 Å². The fraction of sp³-hybridized carbons (Fsp3) is 0.375. The van der Waals surface area contributed by atoms with Gasteiger partial charge in [-0.05, 0) is 30.5 Å². The van der Waals surface area contributed by atoms with Gasteiger partial charge in [0.1, 0.15) is 0 Å². The Morgan fingerprint density at radius 3 is 2.71 bits per heavy atom. The van der Waals surface area contributed by atoms with Crippen molar-refractivity contribution in [3.8, 4) is 0 Å². The number of benzene rings is 1. The van der Waals surface area contributed by atoms with Crippen LogP contribution < -0.4 is 0 Å². The van der Waals surface area contributed by atoms with Gasteiger partial charge in [-0.15, -0.1) is 13.2 Å². The summed E-state index contributed by atoms with van der Waals surface area (Å²) in [6, 6.07) is 5.07. The first kappa shape index (κ1) is 16.9. The minimum Gasteiger partial charge on any atom is -0.465 e. The van der Waals surface area contributed by atoms with Crippen LogP contribution in [0.1, 0.15) is 39.1 Å². The number of esters is 1. The monoisotopic (exact) mass is 291 g/mol. The second-order valence-electron chi connectivity index (χ2n) is 4.52. The summed E-state index contributed by atoms with van der Waals surface area (Å²) in [4.78, 5) is 25.3. The molecular formula is C16H21NO4. The molecule has 1 N–H and O–H groups in total. The van der Waals surface area contributed by atoms with Gasteiger partial charge in [-0.25, -0.2) is 4.79 Å². The third-order valence-electron chi connectivity index (χ3n) is 3.25. The van der Waals surface area contributed by atoms with E-state index in [1.807, 2.05) is 0 Å². The number of fused-ring (bicyclic) bond motifs is 1. The van der Waals surface area contributed by atoms with E-state index in [1.165, 1.54) is 7.11 Å². The van der Waals surface area contributed by atoms with Gasteiger partial charge in [0.2, 0.25) is 0 Å². The highest BCUT2D eigenvalue weighted by Gasteiger charge is 2.27. The van der Waals surface area contributed by atoms with Crippen LogP contribution in [-0.2, 0) is 11.3 Å². The standard InChI is InChI=1S/C14H17NO4.C2H4/c1-19-14(18)10-4-5-11-9-15(6-2-3-7-16)13(17)12(11)8-10;1-2/h4-5,8,16H,2-3,6-7,9H2,1H3;1-2H2. The minimum absolute atomic E-state index is 0.0568. The lowest BCUT2D eigenvalue weighted by atomic mass is 10.1. The molecule has 1 aromatic rings. The number of carbonyl (C=O) groups excluding carboxylic acids is 2. The van der Waals surface area contributed by atoms with Crippen molar-refractivity contribution in [1.29, 1.82) is 0 Å². The molecule has 1 aromatic carbocycles. The van der Waals surface area contributed by atoms with Crippen molar-refractivity contribution in [2.24, 2.45) is 0 Å². The number of hydrogen-bond donors (Lipinski definition) is 1. The normalized spacial score (nSPS) is 12.5. The zero-order valence-corrected chi connectivity index (χ0v) is 12.3. The molecular weight excluding hydrogens is 270 g/mol. The van der Waals surface area contributed by atoms with Crippen LogP contribution in [0.15, 0.2) is 31.4 Å². The quantitative estimate of drug-likeness (QED) is 0.512. The minimum atomic E-state index is -0.436. The molecule has 0 atom stereocenters. The molecule has 1 amide bonds. The van der Waals surface area contributed by atoms with E-state index in [0.717, 1.165) is 12.0 Å². The summed E-state index contributed by atoms with van der Waals surface area (Å²) in [6.45, 7) is 7.34. The summed E-state index contributed by atoms with van der Waals surface area (Å²) in [5, 5.41) is 8.75. The molecule has 0 radical (unpaired) electrons. The van der Waals surface area contributed by atoms with Crippen LogP contribution in [0.5, 0.6) is 0 Å². The molecule has 0 aliphatic carbocycles. The lowest BCUT2D eigenvalue weighted by Gasteiger charge is -2.14. The number of carbonyl (C=O) groups is 2. The van der Waals surface area contributed by atoms with Crippen LogP contribution in [0.25, 0.3) is 0 Å². The average Bonchev–Trinajstić information content (AvgIpc) is 2.85. The van der Waals surface area contributed by atoms with Crippen molar-refractivity contribution in [2.75, 3.05) is 20.3 Å². The van der Waals surface area contributed by atoms with E-state index in [2.05, 4.69) is 17.9 Å². The summed E-state index contributed by atoms with van der Waals surface area (Å²) in [7, 11) is 1.32. The SMILES string of the molecule is C=C.COC(=O)c1ccc2c(c1)C(=O)N(CCCCO)C2. The van der Waals surface area contributed by atoms with E-state index in [-0.39, 0.29) is 12.5 Å². The van der Waals surface area contributed by atoms with Gasteiger partial charge in [0, 0.05) is 25.3 Å². The Bertz CT molecular complexity index is 513. The Balaban J connectivity index is 0.00000106. The predicted molar refractivity (Wildman–Crippen MR) is 80.1 cm³/mol. The molecule has 1 aliphatic rings. The summed E-state index contributed by atoms with van der Waals surface area (Å²) >= 11 is 0. The van der Waals surface area contributed by atoms with Crippen LogP contribution in [-0.4, -0.2) is 42.1 Å². The molecule has 1 aliphatic heterocycles. The van der Waals surface area contributed by atoms with Crippen LogP contribution in [0.2, 0.25) is 0 Å². The molecule has 1 heterocycles. The van der Waals surface area contributed by atoms with Crippen molar-refractivity contribution in [2.45, 2.75) is 19.4 Å². The summed E-state index contributed by atoms with van der Waals surface area (Å²) in [5.41, 5.74) is 1.90.